The second kappa shape index (κ2) is 5.36. The molecule has 4 heteroatoms. The summed E-state index contributed by atoms with van der Waals surface area (Å²) in [5.41, 5.74) is 0.862. The molecule has 2 rings (SSSR count). The van der Waals surface area contributed by atoms with Crippen molar-refractivity contribution in [2.75, 3.05) is 0 Å². The van der Waals surface area contributed by atoms with Crippen LogP contribution in [0.15, 0.2) is 36.3 Å². The van der Waals surface area contributed by atoms with Crippen LogP contribution in [0.1, 0.15) is 47.1 Å². The molecule has 0 aliphatic carbocycles. The summed E-state index contributed by atoms with van der Waals surface area (Å²) in [6.45, 7) is 13.0. The van der Waals surface area contributed by atoms with Crippen LogP contribution in [0.2, 0.25) is 0 Å². The first kappa shape index (κ1) is 17.0. The third kappa shape index (κ3) is 2.90. The van der Waals surface area contributed by atoms with Crippen molar-refractivity contribution in [2.45, 2.75) is 41.5 Å². The van der Waals surface area contributed by atoms with Crippen molar-refractivity contribution >= 4 is 21.0 Å². The quantitative estimate of drug-likeness (QED) is 0.615. The van der Waals surface area contributed by atoms with Gasteiger partial charge in [0, 0.05) is 0 Å². The maximum atomic E-state index is 11.6. The normalized spacial score (nSPS) is 18.5. The van der Waals surface area contributed by atoms with Crippen molar-refractivity contribution < 1.29 is 5.11 Å². The van der Waals surface area contributed by atoms with Crippen LogP contribution >= 0.6 is 0 Å². The molecule has 1 N–H and O–H groups in total. The average Bonchev–Trinajstić information content (AvgIpc) is 2.41. The molecule has 0 unspecified atom stereocenters. The Kier molecular flexibility index (Phi) is 4.14. The van der Waals surface area contributed by atoms with Crippen molar-refractivity contribution in [3.63, 3.8) is 0 Å². The SMILES string of the molecule is CC(C)(C)C1=C(C(C)(C)C)C(=Cc2c(O)c(=O)c2=O)C=C[Se]1. The molecule has 1 heterocycles. The fraction of sp³-hybridized carbons (Fsp3) is 0.444. The fourth-order valence-electron chi connectivity index (χ4n) is 2.58. The molecule has 0 saturated carbocycles. The van der Waals surface area contributed by atoms with Crippen molar-refractivity contribution in [1.29, 1.82) is 0 Å². The average molecular weight is 365 g/mol. The van der Waals surface area contributed by atoms with E-state index < -0.39 is 16.6 Å². The third-order valence-corrected chi connectivity index (χ3v) is 6.38. The van der Waals surface area contributed by atoms with Crippen molar-refractivity contribution in [2.24, 2.45) is 10.8 Å². The second-order valence-electron chi connectivity index (χ2n) is 7.64. The molecule has 0 bridgehead atoms. The standard InChI is InChI=1S/C18H22O3Se/c1-17(2,3)12-10(7-8-22-16(12)18(4,5)6)9-11-13(19)15(21)14(11)20/h7-9,19H,1-6H3. The molecule has 0 spiro atoms. The summed E-state index contributed by atoms with van der Waals surface area (Å²) < 4.78 is 1.39. The molecular formula is C18H22O3Se. The first-order valence-electron chi connectivity index (χ1n) is 7.27. The monoisotopic (exact) mass is 366 g/mol. The minimum absolute atomic E-state index is 0.0440. The number of aromatic hydroxyl groups is 1. The van der Waals surface area contributed by atoms with Crippen LogP contribution in [0.25, 0.3) is 6.08 Å². The van der Waals surface area contributed by atoms with Gasteiger partial charge >= 0.3 is 137 Å². The van der Waals surface area contributed by atoms with Gasteiger partial charge in [0.15, 0.2) is 0 Å². The molecule has 0 fully saturated rings. The zero-order valence-electron chi connectivity index (χ0n) is 13.9. The van der Waals surface area contributed by atoms with Crippen molar-refractivity contribution in [1.82, 2.24) is 0 Å². The summed E-state index contributed by atoms with van der Waals surface area (Å²) in [7, 11) is 0. The van der Waals surface area contributed by atoms with Crippen LogP contribution in [-0.2, 0) is 0 Å². The third-order valence-electron chi connectivity index (χ3n) is 3.60. The summed E-state index contributed by atoms with van der Waals surface area (Å²) in [5, 5.41) is 9.62. The summed E-state index contributed by atoms with van der Waals surface area (Å²) >= 11 is 0.272. The maximum absolute atomic E-state index is 11.6. The van der Waals surface area contributed by atoms with Gasteiger partial charge in [-0.25, -0.2) is 0 Å². The van der Waals surface area contributed by atoms with Gasteiger partial charge in [-0.3, -0.25) is 0 Å². The van der Waals surface area contributed by atoms with Gasteiger partial charge in [0.2, 0.25) is 0 Å². The van der Waals surface area contributed by atoms with Crippen LogP contribution in [0.3, 0.4) is 0 Å². The Hall–Kier alpha value is -1.38. The van der Waals surface area contributed by atoms with E-state index in [0.29, 0.717) is 0 Å². The van der Waals surface area contributed by atoms with E-state index in [1.807, 2.05) is 6.08 Å². The summed E-state index contributed by atoms with van der Waals surface area (Å²) in [6.07, 6.45) is 3.67. The first-order valence-corrected chi connectivity index (χ1v) is 9.12. The van der Waals surface area contributed by atoms with Gasteiger partial charge < -0.3 is 0 Å². The van der Waals surface area contributed by atoms with Crippen LogP contribution < -0.4 is 10.9 Å². The first-order chi connectivity index (χ1) is 9.94. The van der Waals surface area contributed by atoms with Gasteiger partial charge in [0.1, 0.15) is 0 Å². The molecule has 1 aromatic rings. The van der Waals surface area contributed by atoms with E-state index in [9.17, 15) is 14.7 Å². The Labute approximate surface area is 137 Å². The Morgan fingerprint density at radius 3 is 2.05 bits per heavy atom. The number of hydrogen-bond donors (Lipinski definition) is 1. The van der Waals surface area contributed by atoms with Gasteiger partial charge in [-0.05, 0) is 0 Å². The Balaban J connectivity index is 2.67. The second-order valence-corrected chi connectivity index (χ2v) is 9.57. The van der Waals surface area contributed by atoms with Gasteiger partial charge in [-0.2, -0.15) is 0 Å². The minimum atomic E-state index is -0.784. The molecule has 0 radical (unpaired) electrons. The molecule has 0 aromatic heterocycles. The Morgan fingerprint density at radius 1 is 1.00 bits per heavy atom. The molecule has 22 heavy (non-hydrogen) atoms. The van der Waals surface area contributed by atoms with Gasteiger partial charge in [0.05, 0.1) is 0 Å². The molecule has 0 amide bonds. The predicted molar refractivity (Wildman–Crippen MR) is 91.8 cm³/mol. The van der Waals surface area contributed by atoms with E-state index >= 15 is 0 Å². The fourth-order valence-corrected chi connectivity index (χ4v) is 5.20. The molecule has 0 saturated heterocycles. The predicted octanol–water partition coefficient (Wildman–Crippen LogP) is 2.95. The summed E-state index contributed by atoms with van der Waals surface area (Å²) in [6, 6.07) is 0. The van der Waals surface area contributed by atoms with Gasteiger partial charge in [-0.15, -0.1) is 0 Å². The van der Waals surface area contributed by atoms with Gasteiger partial charge in [-0.1, -0.05) is 0 Å². The molecule has 1 aliphatic rings. The molecule has 3 nitrogen and oxygen atoms in total. The topological polar surface area (TPSA) is 54.4 Å². The van der Waals surface area contributed by atoms with E-state index in [1.54, 1.807) is 6.08 Å². The number of rotatable bonds is 1. The molecule has 1 aromatic carbocycles. The van der Waals surface area contributed by atoms with E-state index in [2.05, 4.69) is 46.5 Å². The molecular weight excluding hydrogens is 343 g/mol. The van der Waals surface area contributed by atoms with Crippen LogP contribution in [0.5, 0.6) is 5.75 Å². The van der Waals surface area contributed by atoms with E-state index in [4.69, 9.17) is 0 Å². The van der Waals surface area contributed by atoms with Crippen LogP contribution in [-0.4, -0.2) is 20.1 Å². The van der Waals surface area contributed by atoms with Crippen molar-refractivity contribution in [3.8, 4) is 5.75 Å². The summed E-state index contributed by atoms with van der Waals surface area (Å²) in [4.78, 5) is 25.0. The summed E-state index contributed by atoms with van der Waals surface area (Å²) in [5.74, 6) is -0.410. The Bertz CT molecular complexity index is 771. The Morgan fingerprint density at radius 2 is 1.59 bits per heavy atom. The molecule has 0 atom stereocenters. The van der Waals surface area contributed by atoms with E-state index in [0.717, 1.165) is 5.57 Å². The van der Waals surface area contributed by atoms with E-state index in [1.165, 1.54) is 10.0 Å². The molecule has 1 aliphatic heterocycles. The van der Waals surface area contributed by atoms with Crippen LogP contribution in [0, 0.1) is 10.8 Å². The van der Waals surface area contributed by atoms with Crippen LogP contribution in [0.4, 0.5) is 0 Å². The van der Waals surface area contributed by atoms with Crippen molar-refractivity contribution in [3.05, 3.63) is 52.7 Å². The van der Waals surface area contributed by atoms with E-state index in [-0.39, 0.29) is 31.4 Å². The zero-order chi connectivity index (χ0) is 16.9. The number of hydrogen-bond acceptors (Lipinski definition) is 3. The molecule has 118 valence electrons. The zero-order valence-corrected chi connectivity index (χ0v) is 15.6. The van der Waals surface area contributed by atoms with Gasteiger partial charge in [0.25, 0.3) is 0 Å². The number of allylic oxidation sites excluding steroid dienone is 4.